The minimum Gasteiger partial charge on any atom is -0.339 e. The highest BCUT2D eigenvalue weighted by Gasteiger charge is 2.23. The number of carbonyl (C=O) groups is 1. The van der Waals surface area contributed by atoms with Crippen LogP contribution < -0.4 is 0 Å². The Morgan fingerprint density at radius 2 is 2.21 bits per heavy atom. The van der Waals surface area contributed by atoms with Gasteiger partial charge in [-0.25, -0.2) is 0 Å². The van der Waals surface area contributed by atoms with Crippen LogP contribution in [0.2, 0.25) is 0 Å². The number of Topliss-reactive ketones (excluding diaryl/α,β-unsaturated/α-hetero) is 1. The summed E-state index contributed by atoms with van der Waals surface area (Å²) in [5.41, 5.74) is 0.678. The van der Waals surface area contributed by atoms with Crippen LogP contribution in [0.1, 0.15) is 40.2 Å². The molecule has 1 atom stereocenters. The Hall–Kier alpha value is -1.62. The van der Waals surface area contributed by atoms with Crippen molar-refractivity contribution >= 4 is 17.5 Å². The molecule has 1 aromatic heterocycles. The first-order valence-electron chi connectivity index (χ1n) is 6.35. The molecule has 5 heteroatoms. The number of carbonyl (C=O) groups excluding carboxylic acids is 1. The van der Waals surface area contributed by atoms with Crippen molar-refractivity contribution in [3.63, 3.8) is 0 Å². The van der Waals surface area contributed by atoms with E-state index in [2.05, 4.69) is 10.1 Å². The Bertz CT molecular complexity index is 562. The maximum Gasteiger partial charge on any atom is 0.234 e. The van der Waals surface area contributed by atoms with Crippen molar-refractivity contribution in [2.24, 2.45) is 0 Å². The van der Waals surface area contributed by atoms with Gasteiger partial charge in [0.1, 0.15) is 0 Å². The Morgan fingerprint density at radius 3 is 2.95 bits per heavy atom. The first-order valence-corrected chi connectivity index (χ1v) is 7.40. The zero-order valence-electron chi connectivity index (χ0n) is 10.4. The summed E-state index contributed by atoms with van der Waals surface area (Å²) in [5, 5.41) is 4.32. The third-order valence-electron chi connectivity index (χ3n) is 3.11. The SMILES string of the molecule is O=C(Cc1nc(C2CCCS2)no1)c1ccccc1. The molecule has 4 nitrogen and oxygen atoms in total. The van der Waals surface area contributed by atoms with E-state index >= 15 is 0 Å². The highest BCUT2D eigenvalue weighted by Crippen LogP contribution is 2.38. The summed E-state index contributed by atoms with van der Waals surface area (Å²) in [6.07, 6.45) is 2.47. The monoisotopic (exact) mass is 274 g/mol. The molecule has 98 valence electrons. The fourth-order valence-electron chi connectivity index (χ4n) is 2.12. The molecule has 0 bridgehead atoms. The molecule has 0 radical (unpaired) electrons. The van der Waals surface area contributed by atoms with Gasteiger partial charge in [0.25, 0.3) is 0 Å². The van der Waals surface area contributed by atoms with Crippen LogP contribution in [-0.2, 0) is 6.42 Å². The van der Waals surface area contributed by atoms with Crippen molar-refractivity contribution in [3.05, 3.63) is 47.6 Å². The van der Waals surface area contributed by atoms with Gasteiger partial charge >= 0.3 is 0 Å². The predicted molar refractivity (Wildman–Crippen MR) is 73.2 cm³/mol. The molecular weight excluding hydrogens is 260 g/mol. The number of ketones is 1. The van der Waals surface area contributed by atoms with Crippen LogP contribution >= 0.6 is 11.8 Å². The van der Waals surface area contributed by atoms with E-state index in [1.165, 1.54) is 6.42 Å². The summed E-state index contributed by atoms with van der Waals surface area (Å²) in [5.74, 6) is 2.31. The minimum atomic E-state index is 0.00914. The van der Waals surface area contributed by atoms with E-state index in [4.69, 9.17) is 4.52 Å². The van der Waals surface area contributed by atoms with Gasteiger partial charge in [0, 0.05) is 5.56 Å². The molecule has 0 saturated carbocycles. The second kappa shape index (κ2) is 5.57. The van der Waals surface area contributed by atoms with Crippen LogP contribution in [0.3, 0.4) is 0 Å². The van der Waals surface area contributed by atoms with Gasteiger partial charge in [-0.2, -0.15) is 16.7 Å². The second-order valence-corrected chi connectivity index (χ2v) is 5.82. The molecule has 3 rings (SSSR count). The lowest BCUT2D eigenvalue weighted by atomic mass is 10.1. The van der Waals surface area contributed by atoms with Crippen LogP contribution in [0.15, 0.2) is 34.9 Å². The molecule has 0 spiro atoms. The van der Waals surface area contributed by atoms with Gasteiger partial charge in [-0.05, 0) is 18.6 Å². The zero-order valence-corrected chi connectivity index (χ0v) is 11.2. The molecule has 0 aliphatic carbocycles. The molecule has 1 unspecified atom stereocenters. The lowest BCUT2D eigenvalue weighted by molar-refractivity contribution is 0.0983. The Morgan fingerprint density at radius 1 is 1.37 bits per heavy atom. The molecule has 1 aliphatic rings. The number of benzene rings is 1. The van der Waals surface area contributed by atoms with Crippen molar-refractivity contribution in [3.8, 4) is 0 Å². The van der Waals surface area contributed by atoms with Gasteiger partial charge in [-0.15, -0.1) is 0 Å². The van der Waals surface area contributed by atoms with Crippen LogP contribution in [-0.4, -0.2) is 21.7 Å². The number of hydrogen-bond donors (Lipinski definition) is 0. The number of hydrogen-bond acceptors (Lipinski definition) is 5. The van der Waals surface area contributed by atoms with Crippen molar-refractivity contribution in [1.29, 1.82) is 0 Å². The fourth-order valence-corrected chi connectivity index (χ4v) is 3.31. The summed E-state index contributed by atoms with van der Waals surface area (Å²) < 4.78 is 5.17. The van der Waals surface area contributed by atoms with Crippen molar-refractivity contribution in [2.75, 3.05) is 5.75 Å². The molecule has 1 aromatic carbocycles. The number of thioether (sulfide) groups is 1. The van der Waals surface area contributed by atoms with E-state index in [9.17, 15) is 4.79 Å². The zero-order chi connectivity index (χ0) is 13.1. The quantitative estimate of drug-likeness (QED) is 0.802. The summed E-state index contributed by atoms with van der Waals surface area (Å²) in [4.78, 5) is 16.3. The van der Waals surface area contributed by atoms with Gasteiger partial charge in [-0.1, -0.05) is 35.5 Å². The Kier molecular flexibility index (Phi) is 3.64. The molecule has 19 heavy (non-hydrogen) atoms. The topological polar surface area (TPSA) is 56.0 Å². The van der Waals surface area contributed by atoms with Gasteiger partial charge in [-0.3, -0.25) is 4.79 Å². The predicted octanol–water partition coefficient (Wildman–Crippen LogP) is 3.06. The summed E-state index contributed by atoms with van der Waals surface area (Å²) >= 11 is 1.85. The minimum absolute atomic E-state index is 0.00914. The molecule has 1 fully saturated rings. The lowest BCUT2D eigenvalue weighted by Crippen LogP contribution is -2.03. The second-order valence-electron chi connectivity index (χ2n) is 4.51. The molecule has 0 amide bonds. The smallest absolute Gasteiger partial charge is 0.234 e. The van der Waals surface area contributed by atoms with Crippen molar-refractivity contribution in [2.45, 2.75) is 24.5 Å². The average Bonchev–Trinajstić information content (AvgIpc) is 3.10. The van der Waals surface area contributed by atoms with Crippen molar-refractivity contribution in [1.82, 2.24) is 10.1 Å². The highest BCUT2D eigenvalue weighted by atomic mass is 32.2. The molecule has 1 saturated heterocycles. The molecule has 2 heterocycles. The van der Waals surface area contributed by atoms with Crippen LogP contribution in [0, 0.1) is 0 Å². The Labute approximate surface area is 115 Å². The summed E-state index contributed by atoms with van der Waals surface area (Å²) in [6.45, 7) is 0. The van der Waals surface area contributed by atoms with E-state index in [0.717, 1.165) is 18.0 Å². The highest BCUT2D eigenvalue weighted by molar-refractivity contribution is 7.99. The first-order chi connectivity index (χ1) is 9.33. The van der Waals surface area contributed by atoms with Gasteiger partial charge in [0.15, 0.2) is 11.6 Å². The van der Waals surface area contributed by atoms with Crippen molar-refractivity contribution < 1.29 is 9.32 Å². The standard InChI is InChI=1S/C14H14N2O2S/c17-11(10-5-2-1-3-6-10)9-13-15-14(16-18-13)12-7-4-8-19-12/h1-3,5-6,12H,4,7-9H2. The largest absolute Gasteiger partial charge is 0.339 e. The third kappa shape index (κ3) is 2.87. The summed E-state index contributed by atoms with van der Waals surface area (Å²) in [7, 11) is 0. The normalized spacial score (nSPS) is 18.6. The third-order valence-corrected chi connectivity index (χ3v) is 4.48. The van der Waals surface area contributed by atoms with E-state index in [1.807, 2.05) is 30.0 Å². The van der Waals surface area contributed by atoms with Gasteiger partial charge in [0.2, 0.25) is 5.89 Å². The van der Waals surface area contributed by atoms with Gasteiger partial charge in [0.05, 0.1) is 11.7 Å². The van der Waals surface area contributed by atoms with Crippen LogP contribution in [0.4, 0.5) is 0 Å². The molecule has 1 aliphatic heterocycles. The number of nitrogens with zero attached hydrogens (tertiary/aromatic N) is 2. The average molecular weight is 274 g/mol. The van der Waals surface area contributed by atoms with Crippen LogP contribution in [0.5, 0.6) is 0 Å². The molecule has 2 aromatic rings. The molecule has 0 N–H and O–H groups in total. The Balaban J connectivity index is 1.68. The van der Waals surface area contributed by atoms with E-state index < -0.39 is 0 Å². The lowest BCUT2D eigenvalue weighted by Gasteiger charge is -1.99. The van der Waals surface area contributed by atoms with E-state index in [0.29, 0.717) is 16.7 Å². The van der Waals surface area contributed by atoms with E-state index in [-0.39, 0.29) is 12.2 Å². The maximum atomic E-state index is 12.0. The maximum absolute atomic E-state index is 12.0. The van der Waals surface area contributed by atoms with E-state index in [1.54, 1.807) is 12.1 Å². The fraction of sp³-hybridized carbons (Fsp3) is 0.357. The summed E-state index contributed by atoms with van der Waals surface area (Å²) in [6, 6.07) is 9.18. The molecular formula is C14H14N2O2S. The van der Waals surface area contributed by atoms with Crippen LogP contribution in [0.25, 0.3) is 0 Å². The first kappa shape index (κ1) is 12.4. The number of rotatable bonds is 4. The number of aromatic nitrogens is 2. The van der Waals surface area contributed by atoms with Gasteiger partial charge < -0.3 is 4.52 Å².